The quantitative estimate of drug-likeness (QED) is 0.808. The highest BCUT2D eigenvalue weighted by Gasteiger charge is 2.15. The molecule has 1 aliphatic heterocycles. The molecule has 0 aromatic heterocycles. The van der Waals surface area contributed by atoms with Crippen molar-refractivity contribution in [2.24, 2.45) is 0 Å². The molecule has 2 heteroatoms. The summed E-state index contributed by atoms with van der Waals surface area (Å²) >= 11 is 0. The monoisotopic (exact) mass is 266 g/mol. The lowest BCUT2D eigenvalue weighted by molar-refractivity contribution is 0.747. The minimum atomic E-state index is 1.07. The summed E-state index contributed by atoms with van der Waals surface area (Å²) in [6.07, 6.45) is 2.43. The number of fused-ring (bicyclic) bond motifs is 1. The Morgan fingerprint density at radius 3 is 2.65 bits per heavy atom. The van der Waals surface area contributed by atoms with E-state index in [9.17, 15) is 0 Å². The van der Waals surface area contributed by atoms with Gasteiger partial charge in [-0.1, -0.05) is 18.2 Å². The number of rotatable bonds is 1. The van der Waals surface area contributed by atoms with Crippen molar-refractivity contribution in [1.29, 1.82) is 0 Å². The van der Waals surface area contributed by atoms with E-state index >= 15 is 0 Å². The first-order valence-electron chi connectivity index (χ1n) is 7.43. The number of nitrogens with zero attached hydrogens (tertiary/aromatic N) is 1. The zero-order chi connectivity index (χ0) is 13.9. The maximum absolute atomic E-state index is 3.55. The van der Waals surface area contributed by atoms with Gasteiger partial charge in [0.1, 0.15) is 0 Å². The molecule has 0 amide bonds. The first-order valence-corrected chi connectivity index (χ1v) is 7.43. The summed E-state index contributed by atoms with van der Waals surface area (Å²) in [5.74, 6) is 0. The van der Waals surface area contributed by atoms with E-state index in [0.717, 1.165) is 13.1 Å². The summed E-state index contributed by atoms with van der Waals surface area (Å²) in [5, 5.41) is 3.55. The predicted molar refractivity (Wildman–Crippen MR) is 87.1 cm³/mol. The zero-order valence-electron chi connectivity index (χ0n) is 12.3. The first-order chi connectivity index (χ1) is 9.75. The van der Waals surface area contributed by atoms with E-state index in [1.165, 1.54) is 41.0 Å². The van der Waals surface area contributed by atoms with E-state index in [4.69, 9.17) is 0 Å². The van der Waals surface area contributed by atoms with Gasteiger partial charge in [-0.25, -0.2) is 0 Å². The molecule has 0 radical (unpaired) electrons. The highest BCUT2D eigenvalue weighted by Crippen LogP contribution is 2.34. The van der Waals surface area contributed by atoms with Crippen molar-refractivity contribution in [3.8, 4) is 0 Å². The van der Waals surface area contributed by atoms with Crippen molar-refractivity contribution in [3.63, 3.8) is 0 Å². The number of para-hydroxylation sites is 2. The van der Waals surface area contributed by atoms with Crippen LogP contribution in [0.3, 0.4) is 0 Å². The molecule has 3 rings (SSSR count). The maximum atomic E-state index is 3.55. The summed E-state index contributed by atoms with van der Waals surface area (Å²) in [6.45, 7) is 6.51. The topological polar surface area (TPSA) is 15.3 Å². The number of hydrogen-bond acceptors (Lipinski definition) is 2. The lowest BCUT2D eigenvalue weighted by Crippen LogP contribution is -2.23. The third-order valence-corrected chi connectivity index (χ3v) is 4.12. The highest BCUT2D eigenvalue weighted by atomic mass is 15.2. The number of nitrogens with one attached hydrogen (secondary N) is 1. The average Bonchev–Trinajstić information content (AvgIpc) is 2.43. The Morgan fingerprint density at radius 1 is 0.950 bits per heavy atom. The third kappa shape index (κ3) is 2.51. The molecule has 1 N–H and O–H groups in total. The first kappa shape index (κ1) is 13.0. The van der Waals surface area contributed by atoms with Gasteiger partial charge in [-0.15, -0.1) is 0 Å². The normalized spacial score (nSPS) is 15.0. The van der Waals surface area contributed by atoms with Crippen molar-refractivity contribution in [2.45, 2.75) is 26.7 Å². The van der Waals surface area contributed by atoms with Crippen LogP contribution in [0.15, 0.2) is 42.5 Å². The van der Waals surface area contributed by atoms with Gasteiger partial charge in [0.2, 0.25) is 0 Å². The van der Waals surface area contributed by atoms with Gasteiger partial charge >= 0.3 is 0 Å². The van der Waals surface area contributed by atoms with Gasteiger partial charge < -0.3 is 10.2 Å². The summed E-state index contributed by atoms with van der Waals surface area (Å²) < 4.78 is 0. The van der Waals surface area contributed by atoms with E-state index in [0.29, 0.717) is 0 Å². The van der Waals surface area contributed by atoms with Crippen LogP contribution in [0.4, 0.5) is 17.1 Å². The van der Waals surface area contributed by atoms with Crippen LogP contribution in [0, 0.1) is 13.8 Å². The van der Waals surface area contributed by atoms with Gasteiger partial charge in [-0.05, 0) is 62.1 Å². The molecule has 1 aliphatic rings. The van der Waals surface area contributed by atoms with Crippen molar-refractivity contribution in [3.05, 3.63) is 53.6 Å². The number of hydrogen-bond donors (Lipinski definition) is 1. The van der Waals surface area contributed by atoms with Gasteiger partial charge in [0.25, 0.3) is 0 Å². The molecule has 1 heterocycles. The lowest BCUT2D eigenvalue weighted by atomic mass is 10.1. The minimum Gasteiger partial charge on any atom is -0.383 e. The van der Waals surface area contributed by atoms with Gasteiger partial charge in [-0.2, -0.15) is 0 Å². The van der Waals surface area contributed by atoms with Crippen LogP contribution in [0.1, 0.15) is 24.0 Å². The van der Waals surface area contributed by atoms with Crippen LogP contribution in [-0.4, -0.2) is 13.1 Å². The van der Waals surface area contributed by atoms with Crippen molar-refractivity contribution in [1.82, 2.24) is 0 Å². The highest BCUT2D eigenvalue weighted by molar-refractivity contribution is 5.77. The summed E-state index contributed by atoms with van der Waals surface area (Å²) in [5.41, 5.74) is 6.53. The second kappa shape index (κ2) is 5.58. The van der Waals surface area contributed by atoms with Crippen molar-refractivity contribution >= 4 is 17.1 Å². The Kier molecular flexibility index (Phi) is 3.64. The van der Waals surface area contributed by atoms with Gasteiger partial charge in [0.05, 0.1) is 11.4 Å². The third-order valence-electron chi connectivity index (χ3n) is 4.12. The molecule has 2 aromatic carbocycles. The lowest BCUT2D eigenvalue weighted by Gasteiger charge is -2.30. The Balaban J connectivity index is 2.05. The van der Waals surface area contributed by atoms with Crippen LogP contribution < -0.4 is 10.2 Å². The summed E-state index contributed by atoms with van der Waals surface area (Å²) in [4.78, 5) is 2.44. The fourth-order valence-electron chi connectivity index (χ4n) is 2.76. The number of benzene rings is 2. The largest absolute Gasteiger partial charge is 0.383 e. The molecule has 0 aliphatic carbocycles. The number of anilines is 3. The Morgan fingerprint density at radius 2 is 1.80 bits per heavy atom. The zero-order valence-corrected chi connectivity index (χ0v) is 12.3. The van der Waals surface area contributed by atoms with Crippen LogP contribution in [0.5, 0.6) is 0 Å². The van der Waals surface area contributed by atoms with Gasteiger partial charge in [0.15, 0.2) is 0 Å². The maximum Gasteiger partial charge on any atom is 0.0646 e. The molecular weight excluding hydrogens is 244 g/mol. The molecule has 0 unspecified atom stereocenters. The van der Waals surface area contributed by atoms with Crippen LogP contribution in [0.25, 0.3) is 0 Å². The Hall–Kier alpha value is -1.96. The molecule has 2 nitrogen and oxygen atoms in total. The van der Waals surface area contributed by atoms with Crippen LogP contribution in [-0.2, 0) is 0 Å². The molecule has 20 heavy (non-hydrogen) atoms. The standard InChI is InChI=1S/C18H22N2/c1-14-9-10-16(13-15(14)2)20-12-6-5-11-19-17-7-3-4-8-18(17)20/h3-4,7-10,13,19H,5-6,11-12H2,1-2H3. The second-order valence-corrected chi connectivity index (χ2v) is 5.57. The molecular formula is C18H22N2. The van der Waals surface area contributed by atoms with E-state index < -0.39 is 0 Å². The second-order valence-electron chi connectivity index (χ2n) is 5.57. The fourth-order valence-corrected chi connectivity index (χ4v) is 2.76. The molecule has 0 saturated heterocycles. The van der Waals surface area contributed by atoms with Gasteiger partial charge in [-0.3, -0.25) is 0 Å². The van der Waals surface area contributed by atoms with E-state index in [1.807, 2.05) is 0 Å². The van der Waals surface area contributed by atoms with E-state index in [-0.39, 0.29) is 0 Å². The Labute approximate surface area is 121 Å². The minimum absolute atomic E-state index is 1.07. The molecule has 2 aromatic rings. The fraction of sp³-hybridized carbons (Fsp3) is 0.333. The predicted octanol–water partition coefficient (Wildman–Crippen LogP) is 4.65. The summed E-state index contributed by atoms with van der Waals surface area (Å²) in [6, 6.07) is 15.4. The van der Waals surface area contributed by atoms with Crippen molar-refractivity contribution < 1.29 is 0 Å². The average molecular weight is 266 g/mol. The van der Waals surface area contributed by atoms with Crippen LogP contribution in [0.2, 0.25) is 0 Å². The molecule has 0 fully saturated rings. The van der Waals surface area contributed by atoms with Gasteiger partial charge in [0, 0.05) is 18.8 Å². The Bertz CT molecular complexity index is 604. The number of aryl methyl sites for hydroxylation is 2. The molecule has 0 saturated carbocycles. The molecule has 0 spiro atoms. The SMILES string of the molecule is Cc1ccc(N2CCCCNc3ccccc32)cc1C. The summed E-state index contributed by atoms with van der Waals surface area (Å²) in [7, 11) is 0. The molecule has 0 atom stereocenters. The van der Waals surface area contributed by atoms with Crippen molar-refractivity contribution in [2.75, 3.05) is 23.3 Å². The molecule has 104 valence electrons. The van der Waals surface area contributed by atoms with Crippen LogP contribution >= 0.6 is 0 Å². The molecule has 0 bridgehead atoms. The van der Waals surface area contributed by atoms with E-state index in [1.54, 1.807) is 0 Å². The van der Waals surface area contributed by atoms with E-state index in [2.05, 4.69) is 66.5 Å². The smallest absolute Gasteiger partial charge is 0.0646 e.